The van der Waals surface area contributed by atoms with Crippen molar-refractivity contribution in [1.82, 2.24) is 9.78 Å². The van der Waals surface area contributed by atoms with Crippen LogP contribution in [0, 0.1) is 0 Å². The average molecular weight is 190 g/mol. The van der Waals surface area contributed by atoms with Crippen LogP contribution in [0.15, 0.2) is 17.3 Å². The van der Waals surface area contributed by atoms with Gasteiger partial charge in [0.25, 0.3) is 10.1 Å². The molecule has 1 heterocycles. The van der Waals surface area contributed by atoms with E-state index in [1.165, 1.54) is 17.1 Å². The molecule has 0 spiro atoms. The lowest BCUT2D eigenvalue weighted by molar-refractivity contribution is 0.338. The number of nitrogens with zero attached hydrogens (tertiary/aromatic N) is 2. The molecule has 0 amide bonds. The van der Waals surface area contributed by atoms with Crippen LogP contribution < -0.4 is 0 Å². The summed E-state index contributed by atoms with van der Waals surface area (Å²) in [5, 5.41) is 3.72. The van der Waals surface area contributed by atoms with E-state index in [1.54, 1.807) is 14.0 Å². The van der Waals surface area contributed by atoms with E-state index in [1.807, 2.05) is 0 Å². The Kier molecular flexibility index (Phi) is 2.49. The van der Waals surface area contributed by atoms with E-state index in [9.17, 15) is 8.42 Å². The zero-order chi connectivity index (χ0) is 9.19. The van der Waals surface area contributed by atoms with Crippen LogP contribution in [0.4, 0.5) is 0 Å². The standard InChI is InChI=1S/C6H10N2O3S/c1-3-11-12(9,10)6-4-7-8(2)5-6/h4-5H,3H2,1-2H3. The molecule has 6 heteroatoms. The van der Waals surface area contributed by atoms with Crippen molar-refractivity contribution in [3.63, 3.8) is 0 Å². The van der Waals surface area contributed by atoms with E-state index in [2.05, 4.69) is 9.28 Å². The summed E-state index contributed by atoms with van der Waals surface area (Å²) < 4.78 is 28.3. The minimum atomic E-state index is -3.57. The van der Waals surface area contributed by atoms with Crippen molar-refractivity contribution in [3.05, 3.63) is 12.4 Å². The molecule has 0 saturated carbocycles. The Hall–Kier alpha value is -0.880. The largest absolute Gasteiger partial charge is 0.300 e. The molecule has 0 aromatic carbocycles. The first-order valence-corrected chi connectivity index (χ1v) is 4.85. The summed E-state index contributed by atoms with van der Waals surface area (Å²) in [6.07, 6.45) is 2.65. The van der Waals surface area contributed by atoms with Gasteiger partial charge in [0, 0.05) is 13.2 Å². The zero-order valence-electron chi connectivity index (χ0n) is 6.89. The summed E-state index contributed by atoms with van der Waals surface area (Å²) in [5.41, 5.74) is 0. The van der Waals surface area contributed by atoms with Crippen LogP contribution in [0.2, 0.25) is 0 Å². The van der Waals surface area contributed by atoms with Gasteiger partial charge in [-0.1, -0.05) is 0 Å². The minimum Gasteiger partial charge on any atom is -0.274 e. The van der Waals surface area contributed by atoms with E-state index in [-0.39, 0.29) is 11.5 Å². The monoisotopic (exact) mass is 190 g/mol. The van der Waals surface area contributed by atoms with E-state index in [0.29, 0.717) is 0 Å². The molecule has 0 aliphatic carbocycles. The van der Waals surface area contributed by atoms with Gasteiger partial charge in [-0.15, -0.1) is 0 Å². The van der Waals surface area contributed by atoms with Crippen molar-refractivity contribution in [2.24, 2.45) is 7.05 Å². The summed E-state index contributed by atoms with van der Waals surface area (Å²) in [7, 11) is -1.93. The molecule has 68 valence electrons. The van der Waals surface area contributed by atoms with Crippen LogP contribution in [0.5, 0.6) is 0 Å². The molecule has 5 nitrogen and oxygen atoms in total. The Balaban J connectivity index is 2.98. The molecule has 0 N–H and O–H groups in total. The van der Waals surface area contributed by atoms with Crippen molar-refractivity contribution < 1.29 is 12.6 Å². The van der Waals surface area contributed by atoms with Crippen molar-refractivity contribution >= 4 is 10.1 Å². The first-order valence-electron chi connectivity index (χ1n) is 3.44. The summed E-state index contributed by atoms with van der Waals surface area (Å²) in [4.78, 5) is 0.0897. The smallest absolute Gasteiger partial charge is 0.274 e. The maximum atomic E-state index is 11.2. The Morgan fingerprint density at radius 1 is 1.67 bits per heavy atom. The molecule has 0 saturated heterocycles. The normalized spacial score (nSPS) is 11.8. The van der Waals surface area contributed by atoms with Crippen LogP contribution in [0.25, 0.3) is 0 Å². The number of hydrogen-bond acceptors (Lipinski definition) is 4. The molecule has 0 bridgehead atoms. The van der Waals surface area contributed by atoms with Gasteiger partial charge < -0.3 is 0 Å². The van der Waals surface area contributed by atoms with Gasteiger partial charge in [0.2, 0.25) is 0 Å². The number of aromatic nitrogens is 2. The van der Waals surface area contributed by atoms with Gasteiger partial charge in [-0.05, 0) is 6.92 Å². The molecule has 12 heavy (non-hydrogen) atoms. The maximum absolute atomic E-state index is 11.2. The van der Waals surface area contributed by atoms with Gasteiger partial charge in [-0.2, -0.15) is 13.5 Å². The van der Waals surface area contributed by atoms with Crippen LogP contribution in [0.3, 0.4) is 0 Å². The molecule has 0 aliphatic heterocycles. The molecule has 1 aromatic heterocycles. The molecular weight excluding hydrogens is 180 g/mol. The predicted molar refractivity (Wildman–Crippen MR) is 42.0 cm³/mol. The maximum Gasteiger partial charge on any atom is 0.300 e. The van der Waals surface area contributed by atoms with E-state index in [4.69, 9.17) is 0 Å². The van der Waals surface area contributed by atoms with Gasteiger partial charge in [0.15, 0.2) is 0 Å². The summed E-state index contributed by atoms with van der Waals surface area (Å²) in [6, 6.07) is 0. The fraction of sp³-hybridized carbons (Fsp3) is 0.500. The molecular formula is C6H10N2O3S. The van der Waals surface area contributed by atoms with Gasteiger partial charge in [0.1, 0.15) is 4.90 Å². The fourth-order valence-electron chi connectivity index (χ4n) is 0.751. The molecule has 0 unspecified atom stereocenters. The van der Waals surface area contributed by atoms with Gasteiger partial charge >= 0.3 is 0 Å². The van der Waals surface area contributed by atoms with Gasteiger partial charge in [-0.3, -0.25) is 8.86 Å². The van der Waals surface area contributed by atoms with Crippen molar-refractivity contribution in [1.29, 1.82) is 0 Å². The van der Waals surface area contributed by atoms with Crippen LogP contribution in [-0.2, 0) is 21.3 Å². The highest BCUT2D eigenvalue weighted by Crippen LogP contribution is 2.09. The quantitative estimate of drug-likeness (QED) is 0.636. The van der Waals surface area contributed by atoms with E-state index < -0.39 is 10.1 Å². The van der Waals surface area contributed by atoms with Crippen LogP contribution in [-0.4, -0.2) is 24.8 Å². The Labute approximate surface area is 71.1 Å². The number of rotatable bonds is 3. The van der Waals surface area contributed by atoms with Crippen LogP contribution in [0.1, 0.15) is 6.92 Å². The molecule has 0 fully saturated rings. The predicted octanol–water partition coefficient (Wildman–Crippen LogP) is 0.145. The first-order chi connectivity index (χ1) is 5.56. The van der Waals surface area contributed by atoms with Crippen molar-refractivity contribution in [3.8, 4) is 0 Å². The third kappa shape index (κ3) is 1.83. The highest BCUT2D eigenvalue weighted by atomic mass is 32.2. The third-order valence-electron chi connectivity index (χ3n) is 1.24. The minimum absolute atomic E-state index is 0.0897. The van der Waals surface area contributed by atoms with E-state index >= 15 is 0 Å². The fourth-order valence-corrected chi connectivity index (χ4v) is 1.66. The Bertz CT molecular complexity index is 355. The lowest BCUT2D eigenvalue weighted by Gasteiger charge is -1.97. The molecule has 0 atom stereocenters. The van der Waals surface area contributed by atoms with Gasteiger partial charge in [-0.25, -0.2) is 0 Å². The first kappa shape index (κ1) is 9.21. The highest BCUT2D eigenvalue weighted by molar-refractivity contribution is 7.86. The van der Waals surface area contributed by atoms with E-state index in [0.717, 1.165) is 0 Å². The molecule has 0 radical (unpaired) electrons. The van der Waals surface area contributed by atoms with Crippen molar-refractivity contribution in [2.45, 2.75) is 11.8 Å². The lowest BCUT2D eigenvalue weighted by Crippen LogP contribution is -2.04. The molecule has 1 rings (SSSR count). The Morgan fingerprint density at radius 2 is 2.33 bits per heavy atom. The summed E-state index contributed by atoms with van der Waals surface area (Å²) in [5.74, 6) is 0. The number of aryl methyl sites for hydroxylation is 1. The molecule has 1 aromatic rings. The number of hydrogen-bond donors (Lipinski definition) is 0. The third-order valence-corrected chi connectivity index (χ3v) is 2.58. The van der Waals surface area contributed by atoms with Crippen molar-refractivity contribution in [2.75, 3.05) is 6.61 Å². The zero-order valence-corrected chi connectivity index (χ0v) is 7.71. The lowest BCUT2D eigenvalue weighted by atomic mass is 10.7. The van der Waals surface area contributed by atoms with Gasteiger partial charge in [0.05, 0.1) is 12.8 Å². The second-order valence-electron chi connectivity index (χ2n) is 2.21. The molecule has 0 aliphatic rings. The SMILES string of the molecule is CCOS(=O)(=O)c1cnn(C)c1. The van der Waals surface area contributed by atoms with Crippen LogP contribution >= 0.6 is 0 Å². The second-order valence-corrected chi connectivity index (χ2v) is 3.83. The Morgan fingerprint density at radius 3 is 2.75 bits per heavy atom. The second kappa shape index (κ2) is 3.24. The summed E-state index contributed by atoms with van der Waals surface area (Å²) in [6.45, 7) is 1.76. The average Bonchev–Trinajstić information content (AvgIpc) is 2.36. The summed E-state index contributed by atoms with van der Waals surface area (Å²) >= 11 is 0. The topological polar surface area (TPSA) is 61.2 Å². The highest BCUT2D eigenvalue weighted by Gasteiger charge is 2.15.